The maximum Gasteiger partial charge on any atom is 0.167 e. The molecule has 1 aromatic heterocycles. The smallest absolute Gasteiger partial charge is 0.167 e. The van der Waals surface area contributed by atoms with Gasteiger partial charge in [-0.1, -0.05) is 42.5 Å². The second-order valence-electron chi connectivity index (χ2n) is 4.93. The van der Waals surface area contributed by atoms with Crippen molar-refractivity contribution >= 4 is 16.6 Å². The maximum absolute atomic E-state index is 12.6. The van der Waals surface area contributed by atoms with Crippen molar-refractivity contribution in [2.24, 2.45) is 0 Å². The fourth-order valence-corrected chi connectivity index (χ4v) is 2.44. The average molecular weight is 261 g/mol. The summed E-state index contributed by atoms with van der Waals surface area (Å²) in [5, 5.41) is 1.98. The van der Waals surface area contributed by atoms with Gasteiger partial charge in [-0.15, -0.1) is 0 Å². The van der Waals surface area contributed by atoms with Crippen molar-refractivity contribution < 1.29 is 4.79 Å². The van der Waals surface area contributed by atoms with Gasteiger partial charge in [0.25, 0.3) is 0 Å². The quantitative estimate of drug-likeness (QED) is 0.668. The minimum Gasteiger partial charge on any atom is -0.294 e. The van der Waals surface area contributed by atoms with E-state index >= 15 is 0 Å². The van der Waals surface area contributed by atoms with Gasteiger partial charge in [-0.25, -0.2) is 0 Å². The van der Waals surface area contributed by atoms with Crippen LogP contribution in [0.1, 0.15) is 21.5 Å². The van der Waals surface area contributed by atoms with Crippen LogP contribution in [0.5, 0.6) is 0 Å². The van der Waals surface area contributed by atoms with E-state index in [0.717, 1.165) is 27.5 Å². The highest BCUT2D eigenvalue weighted by Gasteiger charge is 2.11. The molecule has 0 aliphatic carbocycles. The second kappa shape index (κ2) is 5.25. The summed E-state index contributed by atoms with van der Waals surface area (Å²) in [7, 11) is 0. The van der Waals surface area contributed by atoms with Crippen LogP contribution in [-0.4, -0.2) is 10.8 Å². The molecule has 0 saturated carbocycles. The lowest BCUT2D eigenvalue weighted by Crippen LogP contribution is -2.05. The molecule has 0 amide bonds. The fraction of sp³-hybridized carbons (Fsp3) is 0.111. The van der Waals surface area contributed by atoms with Gasteiger partial charge in [-0.3, -0.25) is 9.78 Å². The van der Waals surface area contributed by atoms with Crippen molar-refractivity contribution in [3.8, 4) is 0 Å². The highest BCUT2D eigenvalue weighted by molar-refractivity contribution is 6.08. The van der Waals surface area contributed by atoms with Gasteiger partial charge in [0.15, 0.2) is 5.78 Å². The zero-order chi connectivity index (χ0) is 13.9. The van der Waals surface area contributed by atoms with Crippen molar-refractivity contribution in [1.82, 2.24) is 4.98 Å². The summed E-state index contributed by atoms with van der Waals surface area (Å²) < 4.78 is 0. The number of carbonyl (C=O) groups excluding carboxylic acids is 1. The second-order valence-corrected chi connectivity index (χ2v) is 4.93. The molecule has 0 aliphatic rings. The number of hydrogen-bond acceptors (Lipinski definition) is 2. The van der Waals surface area contributed by atoms with Gasteiger partial charge in [0.2, 0.25) is 0 Å². The number of aryl methyl sites for hydroxylation is 1. The van der Waals surface area contributed by atoms with Crippen molar-refractivity contribution in [2.45, 2.75) is 13.3 Å². The number of rotatable bonds is 3. The molecule has 0 unspecified atom stereocenters. The summed E-state index contributed by atoms with van der Waals surface area (Å²) in [6.45, 7) is 2.04. The standard InChI is InChI=1S/C18H15NO/c1-13-5-2-3-6-14(13)11-18(20)17-8-4-7-15-12-19-10-9-16(15)17/h2-10,12H,11H2,1H3. The Labute approximate surface area is 118 Å². The fourth-order valence-electron chi connectivity index (χ4n) is 2.44. The Bertz CT molecular complexity index is 772. The number of benzene rings is 2. The molecule has 1 heterocycles. The van der Waals surface area contributed by atoms with Crippen LogP contribution in [0, 0.1) is 6.92 Å². The third kappa shape index (κ3) is 2.32. The van der Waals surface area contributed by atoms with Gasteiger partial charge in [-0.05, 0) is 29.5 Å². The van der Waals surface area contributed by atoms with Crippen LogP contribution in [0.4, 0.5) is 0 Å². The van der Waals surface area contributed by atoms with E-state index in [-0.39, 0.29) is 5.78 Å². The first-order chi connectivity index (χ1) is 9.75. The van der Waals surface area contributed by atoms with Crippen LogP contribution in [0.15, 0.2) is 60.9 Å². The first-order valence-electron chi connectivity index (χ1n) is 6.66. The molecule has 0 fully saturated rings. The molecular weight excluding hydrogens is 246 g/mol. The number of fused-ring (bicyclic) bond motifs is 1. The van der Waals surface area contributed by atoms with Gasteiger partial charge in [0.05, 0.1) is 0 Å². The predicted molar refractivity (Wildman–Crippen MR) is 81.0 cm³/mol. The molecule has 0 saturated heterocycles. The molecule has 2 heteroatoms. The van der Waals surface area contributed by atoms with Crippen LogP contribution >= 0.6 is 0 Å². The summed E-state index contributed by atoms with van der Waals surface area (Å²) in [6.07, 6.45) is 3.96. The molecule has 20 heavy (non-hydrogen) atoms. The van der Waals surface area contributed by atoms with E-state index in [1.807, 2.05) is 55.5 Å². The third-order valence-electron chi connectivity index (χ3n) is 3.59. The Morgan fingerprint density at radius 1 is 1.05 bits per heavy atom. The summed E-state index contributed by atoms with van der Waals surface area (Å²) in [4.78, 5) is 16.7. The van der Waals surface area contributed by atoms with Crippen LogP contribution < -0.4 is 0 Å². The molecule has 0 spiro atoms. The molecule has 0 bridgehead atoms. The van der Waals surface area contributed by atoms with Crippen molar-refractivity contribution in [2.75, 3.05) is 0 Å². The van der Waals surface area contributed by atoms with Crippen LogP contribution in [0.3, 0.4) is 0 Å². The molecule has 0 aliphatic heterocycles. The van der Waals surface area contributed by atoms with Gasteiger partial charge in [0, 0.05) is 29.8 Å². The molecule has 2 aromatic carbocycles. The lowest BCUT2D eigenvalue weighted by atomic mass is 9.96. The number of nitrogens with zero attached hydrogens (tertiary/aromatic N) is 1. The summed E-state index contributed by atoms with van der Waals surface area (Å²) in [5.41, 5.74) is 3.01. The van der Waals surface area contributed by atoms with E-state index in [1.54, 1.807) is 12.4 Å². The van der Waals surface area contributed by atoms with Crippen LogP contribution in [0.25, 0.3) is 10.8 Å². The number of ketones is 1. The molecule has 0 radical (unpaired) electrons. The number of carbonyl (C=O) groups is 1. The zero-order valence-corrected chi connectivity index (χ0v) is 11.3. The van der Waals surface area contributed by atoms with Gasteiger partial charge < -0.3 is 0 Å². The Kier molecular flexibility index (Phi) is 3.30. The SMILES string of the molecule is Cc1ccccc1CC(=O)c1cccc2cnccc12. The number of aromatic nitrogens is 1. The predicted octanol–water partition coefficient (Wildman–Crippen LogP) is 3.97. The molecule has 0 N–H and O–H groups in total. The monoisotopic (exact) mass is 261 g/mol. The Morgan fingerprint density at radius 3 is 2.75 bits per heavy atom. The Balaban J connectivity index is 1.99. The van der Waals surface area contributed by atoms with E-state index in [1.165, 1.54) is 0 Å². The van der Waals surface area contributed by atoms with E-state index in [0.29, 0.717) is 6.42 Å². The summed E-state index contributed by atoms with van der Waals surface area (Å²) >= 11 is 0. The molecule has 98 valence electrons. The number of hydrogen-bond donors (Lipinski definition) is 0. The van der Waals surface area contributed by atoms with Gasteiger partial charge >= 0.3 is 0 Å². The molecular formula is C18H15NO. The topological polar surface area (TPSA) is 30.0 Å². The third-order valence-corrected chi connectivity index (χ3v) is 3.59. The highest BCUT2D eigenvalue weighted by Crippen LogP contribution is 2.20. The number of pyridine rings is 1. The highest BCUT2D eigenvalue weighted by atomic mass is 16.1. The molecule has 0 atom stereocenters. The van der Waals surface area contributed by atoms with E-state index < -0.39 is 0 Å². The Morgan fingerprint density at radius 2 is 1.90 bits per heavy atom. The molecule has 2 nitrogen and oxygen atoms in total. The normalized spacial score (nSPS) is 10.7. The Hall–Kier alpha value is -2.48. The molecule has 3 rings (SSSR count). The number of Topliss-reactive ketones (excluding diaryl/α,β-unsaturated/α-hetero) is 1. The van der Waals surface area contributed by atoms with Gasteiger partial charge in [0.1, 0.15) is 0 Å². The zero-order valence-electron chi connectivity index (χ0n) is 11.3. The van der Waals surface area contributed by atoms with Crippen molar-refractivity contribution in [1.29, 1.82) is 0 Å². The van der Waals surface area contributed by atoms with Gasteiger partial charge in [-0.2, -0.15) is 0 Å². The van der Waals surface area contributed by atoms with E-state index in [4.69, 9.17) is 0 Å². The van der Waals surface area contributed by atoms with Crippen molar-refractivity contribution in [3.63, 3.8) is 0 Å². The van der Waals surface area contributed by atoms with Crippen molar-refractivity contribution in [3.05, 3.63) is 77.6 Å². The first-order valence-corrected chi connectivity index (χ1v) is 6.66. The first kappa shape index (κ1) is 12.5. The summed E-state index contributed by atoms with van der Waals surface area (Å²) in [6, 6.07) is 15.7. The van der Waals surface area contributed by atoms with E-state index in [2.05, 4.69) is 4.98 Å². The summed E-state index contributed by atoms with van der Waals surface area (Å²) in [5.74, 6) is 0.149. The lowest BCUT2D eigenvalue weighted by Gasteiger charge is -2.07. The minimum atomic E-state index is 0.149. The van der Waals surface area contributed by atoms with E-state index in [9.17, 15) is 4.79 Å². The lowest BCUT2D eigenvalue weighted by molar-refractivity contribution is 0.0994. The average Bonchev–Trinajstić information content (AvgIpc) is 2.49. The van der Waals surface area contributed by atoms with Crippen LogP contribution in [-0.2, 0) is 6.42 Å². The molecule has 3 aromatic rings. The maximum atomic E-state index is 12.6. The minimum absolute atomic E-state index is 0.149. The largest absolute Gasteiger partial charge is 0.294 e. The van der Waals surface area contributed by atoms with Crippen LogP contribution in [0.2, 0.25) is 0 Å².